The van der Waals surface area contributed by atoms with Crippen LogP contribution in [0.2, 0.25) is 0 Å². The maximum Gasteiger partial charge on any atom is 0.270 e. The van der Waals surface area contributed by atoms with Gasteiger partial charge in [0.1, 0.15) is 11.5 Å². The number of hydrogen-bond donors (Lipinski definition) is 0. The number of nitrogens with zero attached hydrogens (tertiary/aromatic N) is 1. The highest BCUT2D eigenvalue weighted by molar-refractivity contribution is 14.1. The summed E-state index contributed by atoms with van der Waals surface area (Å²) in [7, 11) is 0. The average Bonchev–Trinajstić information content (AvgIpc) is 2.34. The highest BCUT2D eigenvalue weighted by Crippen LogP contribution is 2.32. The van der Waals surface area contributed by atoms with Crippen LogP contribution in [-0.2, 0) is 0 Å². The molecule has 2 aromatic rings. The Bertz CT molecular complexity index is 646. The van der Waals surface area contributed by atoms with Crippen LogP contribution >= 0.6 is 38.5 Å². The molecule has 0 unspecified atom stereocenters. The first-order valence-electron chi connectivity index (χ1n) is 5.35. The van der Waals surface area contributed by atoms with Crippen molar-refractivity contribution >= 4 is 44.2 Å². The molecule has 4 nitrogen and oxygen atoms in total. The Morgan fingerprint density at radius 3 is 2.47 bits per heavy atom. The van der Waals surface area contributed by atoms with Gasteiger partial charge in [0.05, 0.1) is 8.49 Å². The van der Waals surface area contributed by atoms with Crippen molar-refractivity contribution in [2.45, 2.75) is 6.92 Å². The predicted molar refractivity (Wildman–Crippen MR) is 84.8 cm³/mol. The Balaban J connectivity index is 2.31. The topological polar surface area (TPSA) is 52.4 Å². The van der Waals surface area contributed by atoms with Crippen molar-refractivity contribution in [3.63, 3.8) is 0 Å². The smallest absolute Gasteiger partial charge is 0.270 e. The lowest BCUT2D eigenvalue weighted by Gasteiger charge is -2.10. The highest BCUT2D eigenvalue weighted by atomic mass is 127. The molecule has 0 radical (unpaired) electrons. The Hall–Kier alpha value is -1.15. The quantitative estimate of drug-likeness (QED) is 0.386. The molecular weight excluding hydrogens is 425 g/mol. The summed E-state index contributed by atoms with van der Waals surface area (Å²) in [5, 5.41) is 10.7. The second-order valence-corrected chi connectivity index (χ2v) is 5.96. The van der Waals surface area contributed by atoms with Crippen molar-refractivity contribution in [3.8, 4) is 11.5 Å². The molecule has 2 aromatic carbocycles. The number of nitro benzene ring substituents is 1. The molecule has 0 aliphatic heterocycles. The van der Waals surface area contributed by atoms with Crippen molar-refractivity contribution in [2.75, 3.05) is 0 Å². The molecule has 0 heterocycles. The minimum Gasteiger partial charge on any atom is -0.456 e. The van der Waals surface area contributed by atoms with E-state index in [0.29, 0.717) is 9.32 Å². The number of halogens is 2. The van der Waals surface area contributed by atoms with Crippen LogP contribution in [0, 0.1) is 20.6 Å². The third kappa shape index (κ3) is 3.44. The van der Waals surface area contributed by atoms with E-state index in [1.54, 1.807) is 6.07 Å². The van der Waals surface area contributed by atoms with Gasteiger partial charge in [-0.2, -0.15) is 0 Å². The predicted octanol–water partition coefficient (Wildman–Crippen LogP) is 5.06. The van der Waals surface area contributed by atoms with Gasteiger partial charge in [-0.25, -0.2) is 0 Å². The molecule has 0 amide bonds. The molecule has 0 aliphatic carbocycles. The lowest BCUT2D eigenvalue weighted by atomic mass is 10.2. The van der Waals surface area contributed by atoms with Crippen LogP contribution in [-0.4, -0.2) is 4.92 Å². The lowest BCUT2D eigenvalue weighted by molar-refractivity contribution is -0.385. The summed E-state index contributed by atoms with van der Waals surface area (Å²) in [5.41, 5.74) is 1.05. The molecule has 0 spiro atoms. The van der Waals surface area contributed by atoms with E-state index in [2.05, 4.69) is 15.9 Å². The molecule has 98 valence electrons. The SMILES string of the molecule is Cc1cc(Br)ccc1Oc1ccc([N+](=O)[O-])cc1I. The summed E-state index contributed by atoms with van der Waals surface area (Å²) in [5.74, 6) is 1.34. The van der Waals surface area contributed by atoms with Gasteiger partial charge in [0.15, 0.2) is 0 Å². The van der Waals surface area contributed by atoms with Crippen LogP contribution in [0.3, 0.4) is 0 Å². The van der Waals surface area contributed by atoms with Crippen molar-refractivity contribution in [1.29, 1.82) is 0 Å². The summed E-state index contributed by atoms with van der Waals surface area (Å²) in [6.45, 7) is 1.94. The van der Waals surface area contributed by atoms with Gasteiger partial charge in [0.25, 0.3) is 5.69 Å². The summed E-state index contributed by atoms with van der Waals surface area (Å²) in [6, 6.07) is 10.2. The van der Waals surface area contributed by atoms with Gasteiger partial charge >= 0.3 is 0 Å². The molecule has 2 rings (SSSR count). The zero-order valence-corrected chi connectivity index (χ0v) is 13.6. The molecule has 0 N–H and O–H groups in total. The van der Waals surface area contributed by atoms with Crippen LogP contribution < -0.4 is 4.74 Å². The summed E-state index contributed by atoms with van der Waals surface area (Å²) < 4.78 is 7.46. The van der Waals surface area contributed by atoms with Crippen molar-refractivity contribution < 1.29 is 9.66 Å². The van der Waals surface area contributed by atoms with Crippen molar-refractivity contribution in [2.24, 2.45) is 0 Å². The molecule has 19 heavy (non-hydrogen) atoms. The molecule has 0 saturated heterocycles. The lowest BCUT2D eigenvalue weighted by Crippen LogP contribution is -1.93. The minimum absolute atomic E-state index is 0.0595. The molecule has 0 bridgehead atoms. The molecule has 0 saturated carbocycles. The van der Waals surface area contributed by atoms with E-state index in [9.17, 15) is 10.1 Å². The van der Waals surface area contributed by atoms with E-state index < -0.39 is 4.92 Å². The molecule has 0 aromatic heterocycles. The third-order valence-electron chi connectivity index (χ3n) is 2.48. The van der Waals surface area contributed by atoms with E-state index in [-0.39, 0.29) is 5.69 Å². The minimum atomic E-state index is -0.420. The molecule has 6 heteroatoms. The first-order valence-corrected chi connectivity index (χ1v) is 7.22. The van der Waals surface area contributed by atoms with E-state index >= 15 is 0 Å². The number of hydrogen-bond acceptors (Lipinski definition) is 3. The van der Waals surface area contributed by atoms with Gasteiger partial charge in [0, 0.05) is 16.6 Å². The van der Waals surface area contributed by atoms with Gasteiger partial charge in [-0.15, -0.1) is 0 Å². The number of non-ortho nitro benzene ring substituents is 1. The highest BCUT2D eigenvalue weighted by Gasteiger charge is 2.11. The molecule has 0 aliphatic rings. The van der Waals surface area contributed by atoms with Gasteiger partial charge < -0.3 is 4.74 Å². The number of rotatable bonds is 3. The van der Waals surface area contributed by atoms with Crippen LogP contribution in [0.5, 0.6) is 11.5 Å². The van der Waals surface area contributed by atoms with E-state index in [0.717, 1.165) is 15.8 Å². The van der Waals surface area contributed by atoms with Crippen LogP contribution in [0.15, 0.2) is 40.9 Å². The maximum absolute atomic E-state index is 10.7. The van der Waals surface area contributed by atoms with Crippen LogP contribution in [0.4, 0.5) is 5.69 Å². The number of benzene rings is 2. The van der Waals surface area contributed by atoms with Crippen LogP contribution in [0.25, 0.3) is 0 Å². The fraction of sp³-hybridized carbons (Fsp3) is 0.0769. The molecule has 0 fully saturated rings. The third-order valence-corrected chi connectivity index (χ3v) is 3.82. The Kier molecular flexibility index (Phi) is 4.41. The fourth-order valence-electron chi connectivity index (χ4n) is 1.53. The van der Waals surface area contributed by atoms with Gasteiger partial charge in [0.2, 0.25) is 0 Å². The molecular formula is C13H9BrINO3. The van der Waals surface area contributed by atoms with E-state index in [1.807, 2.05) is 47.7 Å². The number of aryl methyl sites for hydroxylation is 1. The monoisotopic (exact) mass is 433 g/mol. The average molecular weight is 434 g/mol. The maximum atomic E-state index is 10.7. The number of ether oxygens (including phenoxy) is 1. The normalized spacial score (nSPS) is 10.3. The van der Waals surface area contributed by atoms with Crippen LogP contribution in [0.1, 0.15) is 5.56 Å². The van der Waals surface area contributed by atoms with E-state index in [4.69, 9.17) is 4.74 Å². The van der Waals surface area contributed by atoms with Gasteiger partial charge in [-0.3, -0.25) is 10.1 Å². The van der Waals surface area contributed by atoms with Crippen molar-refractivity contribution in [1.82, 2.24) is 0 Å². The first kappa shape index (κ1) is 14.3. The standard InChI is InChI=1S/C13H9BrINO3/c1-8-6-9(14)2-4-12(8)19-13-5-3-10(16(17)18)7-11(13)15/h2-7H,1H3. The van der Waals surface area contributed by atoms with E-state index in [1.165, 1.54) is 12.1 Å². The first-order chi connectivity index (χ1) is 8.97. The number of nitro groups is 1. The summed E-state index contributed by atoms with van der Waals surface area (Å²) in [4.78, 5) is 10.3. The Morgan fingerprint density at radius 1 is 1.21 bits per heavy atom. The van der Waals surface area contributed by atoms with Gasteiger partial charge in [-0.05, 0) is 59.3 Å². The Labute approximate surface area is 132 Å². The molecule has 0 atom stereocenters. The fourth-order valence-corrected chi connectivity index (χ4v) is 2.62. The van der Waals surface area contributed by atoms with Gasteiger partial charge in [-0.1, -0.05) is 15.9 Å². The largest absolute Gasteiger partial charge is 0.456 e. The zero-order chi connectivity index (χ0) is 14.0. The second kappa shape index (κ2) is 5.87. The summed E-state index contributed by atoms with van der Waals surface area (Å²) >= 11 is 5.42. The Morgan fingerprint density at radius 2 is 1.89 bits per heavy atom. The van der Waals surface area contributed by atoms with Crippen molar-refractivity contribution in [3.05, 3.63) is 60.1 Å². The second-order valence-electron chi connectivity index (χ2n) is 3.88. The summed E-state index contributed by atoms with van der Waals surface area (Å²) in [6.07, 6.45) is 0. The zero-order valence-electron chi connectivity index (χ0n) is 9.89.